The second-order valence-electron chi connectivity index (χ2n) is 4.81. The Labute approximate surface area is 108 Å². The molecule has 0 bridgehead atoms. The predicted molar refractivity (Wildman–Crippen MR) is 71.5 cm³/mol. The van der Waals surface area contributed by atoms with Crippen molar-refractivity contribution in [3.05, 3.63) is 35.4 Å². The van der Waals surface area contributed by atoms with Gasteiger partial charge in [-0.1, -0.05) is 38.1 Å². The van der Waals surface area contributed by atoms with E-state index in [9.17, 15) is 5.11 Å². The van der Waals surface area contributed by atoms with Crippen LogP contribution in [0.2, 0.25) is 0 Å². The third kappa shape index (κ3) is 4.38. The zero-order chi connectivity index (χ0) is 13.5. The number of hydrogen-bond donors (Lipinski definition) is 4. The number of aliphatic hydroxyl groups excluding tert-OH is 3. The summed E-state index contributed by atoms with van der Waals surface area (Å²) < 4.78 is 0. The van der Waals surface area contributed by atoms with Gasteiger partial charge in [0.15, 0.2) is 0 Å². The minimum atomic E-state index is -0.633. The van der Waals surface area contributed by atoms with Crippen LogP contribution in [0.25, 0.3) is 0 Å². The molecule has 0 aliphatic carbocycles. The molecule has 1 aromatic rings. The van der Waals surface area contributed by atoms with Gasteiger partial charge in [-0.3, -0.25) is 0 Å². The lowest BCUT2D eigenvalue weighted by Crippen LogP contribution is -2.38. The van der Waals surface area contributed by atoms with Crippen molar-refractivity contribution in [1.82, 2.24) is 5.32 Å². The van der Waals surface area contributed by atoms with Gasteiger partial charge in [-0.15, -0.1) is 0 Å². The summed E-state index contributed by atoms with van der Waals surface area (Å²) in [7, 11) is 0. The van der Waals surface area contributed by atoms with E-state index in [4.69, 9.17) is 10.2 Å². The Morgan fingerprint density at radius 1 is 1.00 bits per heavy atom. The number of nitrogens with one attached hydrogen (secondary N) is 1. The van der Waals surface area contributed by atoms with E-state index in [0.717, 1.165) is 5.56 Å². The maximum absolute atomic E-state index is 9.96. The first kappa shape index (κ1) is 15.1. The van der Waals surface area contributed by atoms with Crippen LogP contribution in [0.3, 0.4) is 0 Å². The van der Waals surface area contributed by atoms with Crippen molar-refractivity contribution in [1.29, 1.82) is 0 Å². The first-order valence-electron chi connectivity index (χ1n) is 6.31. The normalized spacial score (nSPS) is 13.3. The van der Waals surface area contributed by atoms with Crippen molar-refractivity contribution < 1.29 is 15.3 Å². The van der Waals surface area contributed by atoms with Gasteiger partial charge in [0.05, 0.1) is 25.4 Å². The molecule has 4 N–H and O–H groups in total. The van der Waals surface area contributed by atoms with E-state index in [2.05, 4.69) is 19.2 Å². The molecular weight excluding hydrogens is 230 g/mol. The van der Waals surface area contributed by atoms with Crippen LogP contribution in [0.15, 0.2) is 24.3 Å². The molecule has 1 unspecified atom stereocenters. The average molecular weight is 253 g/mol. The maximum atomic E-state index is 9.96. The summed E-state index contributed by atoms with van der Waals surface area (Å²) in [6.45, 7) is 4.28. The minimum absolute atomic E-state index is 0.143. The SMILES string of the molecule is CC(C)c1ccc(C(O)CNC(CO)CO)cc1. The van der Waals surface area contributed by atoms with Crippen LogP contribution >= 0.6 is 0 Å². The number of aliphatic hydroxyl groups is 3. The second-order valence-corrected chi connectivity index (χ2v) is 4.81. The summed E-state index contributed by atoms with van der Waals surface area (Å²) in [5.41, 5.74) is 2.07. The molecule has 4 heteroatoms. The van der Waals surface area contributed by atoms with Crippen LogP contribution < -0.4 is 5.32 Å². The van der Waals surface area contributed by atoms with Crippen LogP contribution in [0, 0.1) is 0 Å². The van der Waals surface area contributed by atoms with Gasteiger partial charge in [0.1, 0.15) is 0 Å². The van der Waals surface area contributed by atoms with Crippen molar-refractivity contribution in [3.8, 4) is 0 Å². The first-order chi connectivity index (χ1) is 8.58. The van der Waals surface area contributed by atoms with E-state index in [0.29, 0.717) is 12.5 Å². The second kappa shape index (κ2) is 7.48. The van der Waals surface area contributed by atoms with Gasteiger partial charge in [-0.05, 0) is 17.0 Å². The van der Waals surface area contributed by atoms with E-state index >= 15 is 0 Å². The summed E-state index contributed by atoms with van der Waals surface area (Å²) in [5, 5.41) is 30.7. The fourth-order valence-electron chi connectivity index (χ4n) is 1.69. The lowest BCUT2D eigenvalue weighted by Gasteiger charge is -2.17. The predicted octanol–water partition coefficient (Wildman–Crippen LogP) is 0.786. The van der Waals surface area contributed by atoms with Crippen molar-refractivity contribution in [2.45, 2.75) is 31.9 Å². The molecule has 1 aromatic carbocycles. The molecule has 0 fully saturated rings. The molecule has 1 atom stereocenters. The van der Waals surface area contributed by atoms with E-state index in [1.165, 1.54) is 5.56 Å². The quantitative estimate of drug-likeness (QED) is 0.579. The van der Waals surface area contributed by atoms with Crippen molar-refractivity contribution >= 4 is 0 Å². The van der Waals surface area contributed by atoms with E-state index in [1.807, 2.05) is 24.3 Å². The summed E-state index contributed by atoms with van der Waals surface area (Å²) in [5.74, 6) is 0.475. The molecule has 0 spiro atoms. The lowest BCUT2D eigenvalue weighted by molar-refractivity contribution is 0.135. The van der Waals surface area contributed by atoms with Crippen LogP contribution in [0.1, 0.15) is 37.0 Å². The molecule has 0 saturated carbocycles. The molecule has 102 valence electrons. The third-order valence-electron chi connectivity index (χ3n) is 3.03. The smallest absolute Gasteiger partial charge is 0.0914 e. The molecule has 0 aliphatic rings. The van der Waals surface area contributed by atoms with Crippen molar-refractivity contribution in [2.24, 2.45) is 0 Å². The largest absolute Gasteiger partial charge is 0.395 e. The van der Waals surface area contributed by atoms with Gasteiger partial charge >= 0.3 is 0 Å². The Bertz CT molecular complexity index is 333. The van der Waals surface area contributed by atoms with Crippen LogP contribution in [0.4, 0.5) is 0 Å². The zero-order valence-electron chi connectivity index (χ0n) is 11.0. The molecular formula is C14H23NO3. The maximum Gasteiger partial charge on any atom is 0.0914 e. The van der Waals surface area contributed by atoms with Crippen LogP contribution in [-0.4, -0.2) is 41.1 Å². The molecule has 0 aliphatic heterocycles. The molecule has 0 heterocycles. The molecule has 18 heavy (non-hydrogen) atoms. The van der Waals surface area contributed by atoms with E-state index in [1.54, 1.807) is 0 Å². The Morgan fingerprint density at radius 2 is 1.50 bits per heavy atom. The molecule has 0 radical (unpaired) electrons. The fourth-order valence-corrected chi connectivity index (χ4v) is 1.69. The summed E-state index contributed by atoms with van der Waals surface area (Å²) >= 11 is 0. The molecule has 0 saturated heterocycles. The van der Waals surface area contributed by atoms with Crippen LogP contribution in [0.5, 0.6) is 0 Å². The summed E-state index contributed by atoms with van der Waals surface area (Å²) in [6.07, 6.45) is -0.633. The summed E-state index contributed by atoms with van der Waals surface area (Å²) in [6, 6.07) is 7.47. The topological polar surface area (TPSA) is 72.7 Å². The Balaban J connectivity index is 2.53. The standard InChI is InChI=1S/C14H23NO3/c1-10(2)11-3-5-12(6-4-11)14(18)7-15-13(8-16)9-17/h3-6,10,13-18H,7-9H2,1-2H3. The highest BCUT2D eigenvalue weighted by molar-refractivity contribution is 5.26. The average Bonchev–Trinajstić information content (AvgIpc) is 2.39. The van der Waals surface area contributed by atoms with Gasteiger partial charge in [-0.25, -0.2) is 0 Å². The van der Waals surface area contributed by atoms with Gasteiger partial charge in [0, 0.05) is 6.54 Å². The number of benzene rings is 1. The molecule has 0 aromatic heterocycles. The summed E-state index contributed by atoms with van der Waals surface area (Å²) in [4.78, 5) is 0. The van der Waals surface area contributed by atoms with Crippen molar-refractivity contribution in [2.75, 3.05) is 19.8 Å². The Morgan fingerprint density at radius 3 is 1.94 bits per heavy atom. The van der Waals surface area contributed by atoms with Gasteiger partial charge < -0.3 is 20.6 Å². The minimum Gasteiger partial charge on any atom is -0.395 e. The zero-order valence-corrected chi connectivity index (χ0v) is 11.0. The fraction of sp³-hybridized carbons (Fsp3) is 0.571. The van der Waals surface area contributed by atoms with E-state index < -0.39 is 6.10 Å². The highest BCUT2D eigenvalue weighted by Crippen LogP contribution is 2.18. The van der Waals surface area contributed by atoms with E-state index in [-0.39, 0.29) is 19.3 Å². The van der Waals surface area contributed by atoms with Gasteiger partial charge in [0.2, 0.25) is 0 Å². The monoisotopic (exact) mass is 253 g/mol. The highest BCUT2D eigenvalue weighted by atomic mass is 16.3. The van der Waals surface area contributed by atoms with Gasteiger partial charge in [-0.2, -0.15) is 0 Å². The highest BCUT2D eigenvalue weighted by Gasteiger charge is 2.11. The van der Waals surface area contributed by atoms with Crippen LogP contribution in [-0.2, 0) is 0 Å². The van der Waals surface area contributed by atoms with Crippen molar-refractivity contribution in [3.63, 3.8) is 0 Å². The third-order valence-corrected chi connectivity index (χ3v) is 3.03. The molecule has 1 rings (SSSR count). The Hall–Kier alpha value is -0.940. The lowest BCUT2D eigenvalue weighted by atomic mass is 10.00. The number of rotatable bonds is 7. The number of hydrogen-bond acceptors (Lipinski definition) is 4. The van der Waals surface area contributed by atoms with Gasteiger partial charge in [0.25, 0.3) is 0 Å². The first-order valence-corrected chi connectivity index (χ1v) is 6.31. The molecule has 0 amide bonds. The Kier molecular flexibility index (Phi) is 6.29. The molecule has 4 nitrogen and oxygen atoms in total.